The molecule has 1 aliphatic rings. The van der Waals surface area contributed by atoms with E-state index in [9.17, 15) is 0 Å². The number of ether oxygens (including phenoxy) is 1. The molecule has 1 fully saturated rings. The largest absolute Gasteiger partial charge is 0.378 e. The number of benzene rings is 3. The van der Waals surface area contributed by atoms with Crippen molar-refractivity contribution in [1.29, 1.82) is 0 Å². The summed E-state index contributed by atoms with van der Waals surface area (Å²) in [5.41, 5.74) is 4.01. The van der Waals surface area contributed by atoms with Gasteiger partial charge < -0.3 is 9.64 Å². The maximum Gasteiger partial charge on any atom is 0.121 e. The molecule has 0 atom stereocenters. The summed E-state index contributed by atoms with van der Waals surface area (Å²) in [5, 5.41) is 11.9. The molecular formula is C20H18N4O. The number of fused-ring (bicyclic) bond motifs is 3. The van der Waals surface area contributed by atoms with Crippen molar-refractivity contribution in [3.63, 3.8) is 0 Å². The van der Waals surface area contributed by atoms with E-state index in [1.807, 2.05) is 24.3 Å². The Morgan fingerprint density at radius 1 is 0.760 bits per heavy atom. The third-order valence-corrected chi connectivity index (χ3v) is 4.73. The molecule has 1 saturated heterocycles. The van der Waals surface area contributed by atoms with Crippen molar-refractivity contribution in [3.8, 4) is 5.69 Å². The molecule has 3 aromatic carbocycles. The van der Waals surface area contributed by atoms with Gasteiger partial charge in [0, 0.05) is 18.5 Å². The van der Waals surface area contributed by atoms with Crippen LogP contribution in [0.25, 0.3) is 27.5 Å². The first-order valence-corrected chi connectivity index (χ1v) is 8.57. The molecule has 5 heteroatoms. The van der Waals surface area contributed by atoms with E-state index >= 15 is 0 Å². The molecule has 0 amide bonds. The fraction of sp³-hybridized carbons (Fsp3) is 0.200. The van der Waals surface area contributed by atoms with E-state index in [-0.39, 0.29) is 0 Å². The number of morpholine rings is 1. The summed E-state index contributed by atoms with van der Waals surface area (Å²) in [5.74, 6) is 0. The van der Waals surface area contributed by atoms with Crippen LogP contribution in [0.2, 0.25) is 0 Å². The van der Waals surface area contributed by atoms with Crippen molar-refractivity contribution < 1.29 is 4.74 Å². The van der Waals surface area contributed by atoms with Crippen LogP contribution in [-0.2, 0) is 4.74 Å². The molecule has 5 rings (SSSR count). The van der Waals surface area contributed by atoms with E-state index < -0.39 is 0 Å². The van der Waals surface area contributed by atoms with Crippen LogP contribution in [0.5, 0.6) is 0 Å². The molecule has 0 unspecified atom stereocenters. The Morgan fingerprint density at radius 2 is 1.52 bits per heavy atom. The summed E-state index contributed by atoms with van der Waals surface area (Å²) < 4.78 is 5.48. The highest BCUT2D eigenvalue weighted by Crippen LogP contribution is 2.27. The lowest BCUT2D eigenvalue weighted by molar-refractivity contribution is 0.122. The minimum Gasteiger partial charge on any atom is -0.378 e. The van der Waals surface area contributed by atoms with Crippen molar-refractivity contribution in [3.05, 3.63) is 60.7 Å². The van der Waals surface area contributed by atoms with Crippen LogP contribution >= 0.6 is 0 Å². The van der Waals surface area contributed by atoms with Crippen LogP contribution < -0.4 is 4.90 Å². The number of rotatable bonds is 2. The zero-order chi connectivity index (χ0) is 16.6. The van der Waals surface area contributed by atoms with Crippen molar-refractivity contribution in [1.82, 2.24) is 15.0 Å². The molecule has 25 heavy (non-hydrogen) atoms. The van der Waals surface area contributed by atoms with Gasteiger partial charge >= 0.3 is 0 Å². The minimum atomic E-state index is 0.757. The van der Waals surface area contributed by atoms with Crippen LogP contribution in [0.15, 0.2) is 60.7 Å². The zero-order valence-electron chi connectivity index (χ0n) is 13.8. The molecule has 1 aromatic heterocycles. The lowest BCUT2D eigenvalue weighted by atomic mass is 10.1. The summed E-state index contributed by atoms with van der Waals surface area (Å²) >= 11 is 0. The first kappa shape index (κ1) is 14.4. The molecule has 0 radical (unpaired) electrons. The number of hydrogen-bond acceptors (Lipinski definition) is 4. The molecule has 0 saturated carbocycles. The molecule has 124 valence electrons. The smallest absolute Gasteiger partial charge is 0.121 e. The van der Waals surface area contributed by atoms with Crippen molar-refractivity contribution in [2.45, 2.75) is 0 Å². The Bertz CT molecular complexity index is 1050. The number of nitrogens with zero attached hydrogens (tertiary/aromatic N) is 4. The standard InChI is InChI=1S/C20H18N4O/c1-2-6-16-15(5-1)9-10-17-20(16)22-24(21-17)19-8-4-3-7-18(19)23-11-13-25-14-12-23/h1-10H,11-14H2. The molecule has 5 nitrogen and oxygen atoms in total. The van der Waals surface area contributed by atoms with E-state index in [1.54, 1.807) is 4.80 Å². The predicted octanol–water partition coefficient (Wildman–Crippen LogP) is 3.41. The summed E-state index contributed by atoms with van der Waals surface area (Å²) in [6.07, 6.45) is 0. The third-order valence-electron chi connectivity index (χ3n) is 4.73. The molecule has 4 aromatic rings. The van der Waals surface area contributed by atoms with Crippen LogP contribution in [-0.4, -0.2) is 41.3 Å². The summed E-state index contributed by atoms with van der Waals surface area (Å²) in [6, 6.07) is 20.7. The molecule has 1 aliphatic heterocycles. The van der Waals surface area contributed by atoms with Crippen LogP contribution in [0, 0.1) is 0 Å². The van der Waals surface area contributed by atoms with E-state index in [2.05, 4.69) is 41.3 Å². The normalized spacial score (nSPS) is 15.1. The van der Waals surface area contributed by atoms with E-state index in [0.29, 0.717) is 0 Å². The Labute approximate surface area is 145 Å². The van der Waals surface area contributed by atoms with Gasteiger partial charge in [-0.05, 0) is 23.6 Å². The molecule has 0 aliphatic carbocycles. The Balaban J connectivity index is 1.67. The predicted molar refractivity (Wildman–Crippen MR) is 99.4 cm³/mol. The van der Waals surface area contributed by atoms with Gasteiger partial charge in [-0.15, -0.1) is 15.0 Å². The molecule has 0 bridgehead atoms. The first-order valence-electron chi connectivity index (χ1n) is 8.57. The number of aromatic nitrogens is 3. The second-order valence-electron chi connectivity index (χ2n) is 6.23. The summed E-state index contributed by atoms with van der Waals surface area (Å²) in [7, 11) is 0. The van der Waals surface area contributed by atoms with Gasteiger partial charge in [-0.2, -0.15) is 0 Å². The lowest BCUT2D eigenvalue weighted by Crippen LogP contribution is -2.36. The quantitative estimate of drug-likeness (QED) is 0.565. The lowest BCUT2D eigenvalue weighted by Gasteiger charge is -2.30. The Kier molecular flexibility index (Phi) is 3.38. The van der Waals surface area contributed by atoms with E-state index in [4.69, 9.17) is 14.9 Å². The maximum absolute atomic E-state index is 5.48. The molecule has 0 N–H and O–H groups in total. The van der Waals surface area contributed by atoms with Crippen LogP contribution in [0.3, 0.4) is 0 Å². The second-order valence-corrected chi connectivity index (χ2v) is 6.23. The van der Waals surface area contributed by atoms with Gasteiger partial charge in [0.25, 0.3) is 0 Å². The fourth-order valence-corrected chi connectivity index (χ4v) is 3.46. The SMILES string of the molecule is c1ccc(-n2nc3ccc4ccccc4c3n2)c(N2CCOCC2)c1. The Morgan fingerprint density at radius 3 is 2.40 bits per heavy atom. The Hall–Kier alpha value is -2.92. The average Bonchev–Trinajstić information content (AvgIpc) is 3.13. The minimum absolute atomic E-state index is 0.757. The van der Waals surface area contributed by atoms with Gasteiger partial charge in [0.2, 0.25) is 0 Å². The fourth-order valence-electron chi connectivity index (χ4n) is 3.46. The van der Waals surface area contributed by atoms with E-state index in [1.165, 1.54) is 5.39 Å². The molecular weight excluding hydrogens is 312 g/mol. The zero-order valence-corrected chi connectivity index (χ0v) is 13.8. The number of para-hydroxylation sites is 2. The number of hydrogen-bond donors (Lipinski definition) is 0. The second kappa shape index (κ2) is 5.86. The first-order chi connectivity index (χ1) is 12.4. The highest BCUT2D eigenvalue weighted by molar-refractivity contribution is 6.03. The monoisotopic (exact) mass is 330 g/mol. The van der Waals surface area contributed by atoms with Gasteiger partial charge in [-0.25, -0.2) is 0 Å². The summed E-state index contributed by atoms with van der Waals surface area (Å²) in [4.78, 5) is 4.10. The van der Waals surface area contributed by atoms with E-state index in [0.717, 1.165) is 54.1 Å². The maximum atomic E-state index is 5.48. The van der Waals surface area contributed by atoms with Crippen LogP contribution in [0.4, 0.5) is 5.69 Å². The number of anilines is 1. The van der Waals surface area contributed by atoms with Gasteiger partial charge in [-0.3, -0.25) is 0 Å². The van der Waals surface area contributed by atoms with Gasteiger partial charge in [0.1, 0.15) is 16.7 Å². The van der Waals surface area contributed by atoms with Gasteiger partial charge in [0.05, 0.1) is 18.9 Å². The average molecular weight is 330 g/mol. The molecule has 2 heterocycles. The summed E-state index contributed by atoms with van der Waals surface area (Å²) in [6.45, 7) is 3.29. The highest BCUT2D eigenvalue weighted by atomic mass is 16.5. The van der Waals surface area contributed by atoms with Crippen molar-refractivity contribution in [2.75, 3.05) is 31.2 Å². The molecule has 0 spiro atoms. The third kappa shape index (κ3) is 2.44. The van der Waals surface area contributed by atoms with Crippen molar-refractivity contribution in [2.24, 2.45) is 0 Å². The highest BCUT2D eigenvalue weighted by Gasteiger charge is 2.17. The van der Waals surface area contributed by atoms with Gasteiger partial charge in [0.15, 0.2) is 0 Å². The topological polar surface area (TPSA) is 43.2 Å². The van der Waals surface area contributed by atoms with Crippen LogP contribution in [0.1, 0.15) is 0 Å². The van der Waals surface area contributed by atoms with Crippen molar-refractivity contribution >= 4 is 27.5 Å². The van der Waals surface area contributed by atoms with Gasteiger partial charge in [-0.1, -0.05) is 42.5 Å².